The molecule has 0 bridgehead atoms. The predicted octanol–water partition coefficient (Wildman–Crippen LogP) is 1.18. The van der Waals surface area contributed by atoms with E-state index in [1.54, 1.807) is 7.11 Å². The van der Waals surface area contributed by atoms with Crippen LogP contribution in [0, 0.1) is 11.8 Å². The molecule has 0 aromatic rings. The van der Waals surface area contributed by atoms with Crippen LogP contribution in [0.1, 0.15) is 26.7 Å². The second-order valence-corrected chi connectivity index (χ2v) is 5.35. The quantitative estimate of drug-likeness (QED) is 0.697. The molecule has 0 heterocycles. The van der Waals surface area contributed by atoms with E-state index in [-0.39, 0.29) is 17.7 Å². The molecule has 98 valence electrons. The number of methoxy groups -OCH3 is 1. The highest BCUT2D eigenvalue weighted by Gasteiger charge is 2.37. The number of hydrogen-bond donors (Lipinski definition) is 1. The van der Waals surface area contributed by atoms with Gasteiger partial charge in [-0.3, -0.25) is 4.79 Å². The average Bonchev–Trinajstić information content (AvgIpc) is 3.01. The summed E-state index contributed by atoms with van der Waals surface area (Å²) in [6.45, 7) is 5.14. The minimum Gasteiger partial charge on any atom is -0.393 e. The van der Waals surface area contributed by atoms with Crippen molar-refractivity contribution in [2.75, 3.05) is 20.3 Å². The molecule has 0 aromatic carbocycles. The highest BCUT2D eigenvalue weighted by atomic mass is 32.1. The van der Waals surface area contributed by atoms with Gasteiger partial charge in [-0.25, -0.2) is 0 Å². The summed E-state index contributed by atoms with van der Waals surface area (Å²) in [4.78, 5) is 14.6. The van der Waals surface area contributed by atoms with Gasteiger partial charge in [-0.05, 0) is 18.8 Å². The van der Waals surface area contributed by atoms with E-state index in [0.29, 0.717) is 24.2 Å². The van der Waals surface area contributed by atoms with Crippen LogP contribution in [0.2, 0.25) is 0 Å². The van der Waals surface area contributed by atoms with Crippen LogP contribution in [0.25, 0.3) is 0 Å². The van der Waals surface area contributed by atoms with E-state index in [9.17, 15) is 4.79 Å². The number of nitrogens with zero attached hydrogens (tertiary/aromatic N) is 1. The number of amides is 1. The lowest BCUT2D eigenvalue weighted by atomic mass is 9.94. The second kappa shape index (κ2) is 6.31. The summed E-state index contributed by atoms with van der Waals surface area (Å²) in [6, 6.07) is 0.369. The Labute approximate surface area is 108 Å². The van der Waals surface area contributed by atoms with E-state index in [4.69, 9.17) is 22.7 Å². The smallest absolute Gasteiger partial charge is 0.233 e. The lowest BCUT2D eigenvalue weighted by Crippen LogP contribution is -2.45. The third-order valence-electron chi connectivity index (χ3n) is 3.05. The minimum absolute atomic E-state index is 0.0621. The number of nitrogens with two attached hydrogens (primary N) is 1. The molecule has 0 saturated heterocycles. The number of thiocarbonyl (C=S) groups is 1. The Kier molecular flexibility index (Phi) is 5.33. The summed E-state index contributed by atoms with van der Waals surface area (Å²) in [7, 11) is 1.64. The molecule has 1 fully saturated rings. The Hall–Kier alpha value is -0.680. The van der Waals surface area contributed by atoms with Crippen molar-refractivity contribution in [1.29, 1.82) is 0 Å². The molecular weight excluding hydrogens is 236 g/mol. The van der Waals surface area contributed by atoms with Crippen molar-refractivity contribution in [1.82, 2.24) is 4.90 Å². The Balaban J connectivity index is 2.70. The summed E-state index contributed by atoms with van der Waals surface area (Å²) in [5, 5.41) is 0. The monoisotopic (exact) mass is 258 g/mol. The first-order valence-electron chi connectivity index (χ1n) is 6.07. The fourth-order valence-corrected chi connectivity index (χ4v) is 2.34. The molecule has 5 heteroatoms. The van der Waals surface area contributed by atoms with Gasteiger partial charge in [0, 0.05) is 19.7 Å². The maximum Gasteiger partial charge on any atom is 0.233 e. The number of rotatable bonds is 7. The molecule has 1 rings (SSSR count). The van der Waals surface area contributed by atoms with Gasteiger partial charge in [0.15, 0.2) is 0 Å². The van der Waals surface area contributed by atoms with Crippen LogP contribution in [0.5, 0.6) is 0 Å². The summed E-state index contributed by atoms with van der Waals surface area (Å²) in [6.07, 6.45) is 2.16. The standard InChI is InChI=1S/C12H22N2O2S/c1-8(2)10(11(13)17)12(15)14(6-7-16-3)9-4-5-9/h8-10H,4-7H2,1-3H3,(H2,13,17). The first-order valence-corrected chi connectivity index (χ1v) is 6.48. The number of carbonyl (C=O) groups is 1. The molecule has 2 N–H and O–H groups in total. The fraction of sp³-hybridized carbons (Fsp3) is 0.833. The lowest BCUT2D eigenvalue weighted by molar-refractivity contribution is -0.135. The Morgan fingerprint density at radius 3 is 2.47 bits per heavy atom. The number of hydrogen-bond acceptors (Lipinski definition) is 3. The molecule has 1 aliphatic rings. The van der Waals surface area contributed by atoms with E-state index >= 15 is 0 Å². The van der Waals surface area contributed by atoms with E-state index in [2.05, 4.69) is 0 Å². The Bertz CT molecular complexity index is 290. The van der Waals surface area contributed by atoms with Gasteiger partial charge in [-0.15, -0.1) is 0 Å². The van der Waals surface area contributed by atoms with Crippen LogP contribution >= 0.6 is 12.2 Å². The summed E-state index contributed by atoms with van der Waals surface area (Å²) < 4.78 is 5.04. The van der Waals surface area contributed by atoms with Crippen molar-refractivity contribution in [2.24, 2.45) is 17.6 Å². The molecule has 0 radical (unpaired) electrons. The summed E-state index contributed by atoms with van der Waals surface area (Å²) >= 11 is 5.01. The molecule has 0 spiro atoms. The van der Waals surface area contributed by atoms with Crippen LogP contribution in [-0.2, 0) is 9.53 Å². The molecule has 1 aliphatic carbocycles. The van der Waals surface area contributed by atoms with Crippen LogP contribution < -0.4 is 5.73 Å². The molecule has 17 heavy (non-hydrogen) atoms. The summed E-state index contributed by atoms with van der Waals surface area (Å²) in [5.74, 6) is -0.140. The SMILES string of the molecule is COCCN(C(=O)C(C(N)=S)C(C)C)C1CC1. The van der Waals surface area contributed by atoms with Crippen molar-refractivity contribution >= 4 is 23.1 Å². The molecule has 1 unspecified atom stereocenters. The highest BCUT2D eigenvalue weighted by molar-refractivity contribution is 7.80. The Morgan fingerprint density at radius 1 is 1.53 bits per heavy atom. The minimum atomic E-state index is -0.345. The van der Waals surface area contributed by atoms with Crippen molar-refractivity contribution in [3.8, 4) is 0 Å². The van der Waals surface area contributed by atoms with Gasteiger partial charge in [0.25, 0.3) is 0 Å². The molecule has 0 aliphatic heterocycles. The molecule has 1 amide bonds. The zero-order chi connectivity index (χ0) is 13.0. The van der Waals surface area contributed by atoms with Crippen molar-refractivity contribution < 1.29 is 9.53 Å². The number of carbonyl (C=O) groups excluding carboxylic acids is 1. The van der Waals surface area contributed by atoms with Crippen LogP contribution in [0.4, 0.5) is 0 Å². The van der Waals surface area contributed by atoms with Gasteiger partial charge in [0.05, 0.1) is 17.5 Å². The zero-order valence-corrected chi connectivity index (χ0v) is 11.6. The van der Waals surface area contributed by atoms with Gasteiger partial charge in [0.1, 0.15) is 0 Å². The van der Waals surface area contributed by atoms with Crippen LogP contribution in [0.15, 0.2) is 0 Å². The van der Waals surface area contributed by atoms with Crippen molar-refractivity contribution in [2.45, 2.75) is 32.7 Å². The second-order valence-electron chi connectivity index (χ2n) is 4.88. The first kappa shape index (κ1) is 14.4. The van der Waals surface area contributed by atoms with E-state index in [0.717, 1.165) is 12.8 Å². The highest BCUT2D eigenvalue weighted by Crippen LogP contribution is 2.29. The number of ether oxygens (including phenoxy) is 1. The van der Waals surface area contributed by atoms with Crippen LogP contribution in [-0.4, -0.2) is 42.1 Å². The first-order chi connectivity index (χ1) is 7.99. The maximum atomic E-state index is 12.4. The molecule has 4 nitrogen and oxygen atoms in total. The van der Waals surface area contributed by atoms with Crippen molar-refractivity contribution in [3.05, 3.63) is 0 Å². The van der Waals surface area contributed by atoms with Gasteiger partial charge >= 0.3 is 0 Å². The lowest BCUT2D eigenvalue weighted by Gasteiger charge is -2.28. The molecular formula is C12H22N2O2S. The molecule has 0 aromatic heterocycles. The topological polar surface area (TPSA) is 55.6 Å². The van der Waals surface area contributed by atoms with E-state index in [1.807, 2.05) is 18.7 Å². The normalized spacial score (nSPS) is 16.9. The zero-order valence-electron chi connectivity index (χ0n) is 10.8. The Morgan fingerprint density at radius 2 is 2.12 bits per heavy atom. The van der Waals surface area contributed by atoms with Crippen molar-refractivity contribution in [3.63, 3.8) is 0 Å². The largest absolute Gasteiger partial charge is 0.393 e. The third-order valence-corrected chi connectivity index (χ3v) is 3.30. The van der Waals surface area contributed by atoms with Gasteiger partial charge in [-0.2, -0.15) is 0 Å². The third kappa shape index (κ3) is 3.92. The van der Waals surface area contributed by atoms with E-state index < -0.39 is 0 Å². The van der Waals surface area contributed by atoms with Crippen LogP contribution in [0.3, 0.4) is 0 Å². The summed E-state index contributed by atoms with van der Waals surface area (Å²) in [5.41, 5.74) is 5.68. The van der Waals surface area contributed by atoms with E-state index in [1.165, 1.54) is 0 Å². The molecule has 1 saturated carbocycles. The van der Waals surface area contributed by atoms with Gasteiger partial charge in [-0.1, -0.05) is 26.1 Å². The predicted molar refractivity (Wildman–Crippen MR) is 71.7 cm³/mol. The average molecular weight is 258 g/mol. The van der Waals surface area contributed by atoms with Gasteiger partial charge < -0.3 is 15.4 Å². The van der Waals surface area contributed by atoms with Gasteiger partial charge in [0.2, 0.25) is 5.91 Å². The fourth-order valence-electron chi connectivity index (χ4n) is 1.96. The molecule has 1 atom stereocenters. The maximum absolute atomic E-state index is 12.4.